The van der Waals surface area contributed by atoms with Crippen molar-refractivity contribution in [1.29, 1.82) is 0 Å². The van der Waals surface area contributed by atoms with Gasteiger partial charge < -0.3 is 14.9 Å². The summed E-state index contributed by atoms with van der Waals surface area (Å²) in [5, 5.41) is 10.8. The Kier molecular flexibility index (Phi) is 9.31. The monoisotopic (exact) mass is 591 g/mol. The van der Waals surface area contributed by atoms with Gasteiger partial charge in [0.25, 0.3) is 0 Å². The molecular formula is C32H35ClFN5O3. The number of hydrogen-bond donors (Lipinski definition) is 1. The van der Waals surface area contributed by atoms with Crippen molar-refractivity contribution in [2.24, 2.45) is 4.99 Å². The summed E-state index contributed by atoms with van der Waals surface area (Å²) < 4.78 is 16.0. The lowest BCUT2D eigenvalue weighted by atomic mass is 9.97. The van der Waals surface area contributed by atoms with Crippen LogP contribution in [0.1, 0.15) is 43.4 Å². The first-order chi connectivity index (χ1) is 20.0. The molecule has 10 heteroatoms. The zero-order chi connectivity index (χ0) is 30.7. The number of carbonyl (C=O) groups is 2. The lowest BCUT2D eigenvalue weighted by Gasteiger charge is -2.41. The standard InChI is InChI=1S/C32H35ClFN5O3/c1-7-27(42)37-14-15-38(21(5)17-37)31(35-6)23-16-25(34)29(28-24(33)12-9-13-26(28)41)36-32(23)39(18-40)30-20(4)10-8-11-22(30)19(2)3/h7-13,16,18-19,21,41H,1,14-15,17H2,2-6H3. The molecule has 1 atom stereocenters. The zero-order valence-electron chi connectivity index (χ0n) is 24.4. The van der Waals surface area contributed by atoms with E-state index in [1.54, 1.807) is 18.0 Å². The molecule has 1 fully saturated rings. The maximum Gasteiger partial charge on any atom is 0.246 e. The topological polar surface area (TPSA) is 89.3 Å². The van der Waals surface area contributed by atoms with Crippen LogP contribution in [-0.2, 0) is 9.59 Å². The van der Waals surface area contributed by atoms with Crippen LogP contribution in [0.15, 0.2) is 60.1 Å². The van der Waals surface area contributed by atoms with E-state index in [4.69, 9.17) is 11.6 Å². The lowest BCUT2D eigenvalue weighted by molar-refractivity contribution is -0.128. The first-order valence-corrected chi connectivity index (χ1v) is 14.1. The molecule has 220 valence electrons. The lowest BCUT2D eigenvalue weighted by Crippen LogP contribution is -2.55. The van der Waals surface area contributed by atoms with Crippen molar-refractivity contribution in [2.75, 3.05) is 31.6 Å². The number of nitrogens with zero attached hydrogens (tertiary/aromatic N) is 5. The van der Waals surface area contributed by atoms with Crippen LogP contribution in [0.4, 0.5) is 15.9 Å². The molecule has 1 unspecified atom stereocenters. The summed E-state index contributed by atoms with van der Waals surface area (Å²) in [6.45, 7) is 12.7. The molecule has 1 aromatic heterocycles. The van der Waals surface area contributed by atoms with Gasteiger partial charge in [-0.3, -0.25) is 19.5 Å². The van der Waals surface area contributed by atoms with E-state index in [2.05, 4.69) is 16.6 Å². The highest BCUT2D eigenvalue weighted by Gasteiger charge is 2.33. The molecule has 0 spiro atoms. The number of benzene rings is 2. The number of aliphatic imine (C=N–C) groups is 1. The average molecular weight is 592 g/mol. The highest BCUT2D eigenvalue weighted by molar-refractivity contribution is 6.33. The van der Waals surface area contributed by atoms with Crippen LogP contribution in [0.2, 0.25) is 5.02 Å². The van der Waals surface area contributed by atoms with Crippen LogP contribution in [0.5, 0.6) is 5.75 Å². The van der Waals surface area contributed by atoms with Crippen LogP contribution in [0, 0.1) is 12.7 Å². The number of amidine groups is 1. The Bertz CT molecular complexity index is 1540. The van der Waals surface area contributed by atoms with Gasteiger partial charge in [-0.1, -0.05) is 56.3 Å². The van der Waals surface area contributed by atoms with Crippen LogP contribution < -0.4 is 4.90 Å². The molecule has 1 aliphatic heterocycles. The van der Waals surface area contributed by atoms with Gasteiger partial charge >= 0.3 is 0 Å². The molecule has 1 aliphatic rings. The fourth-order valence-corrected chi connectivity index (χ4v) is 5.70. The van der Waals surface area contributed by atoms with Crippen LogP contribution in [0.25, 0.3) is 11.3 Å². The zero-order valence-corrected chi connectivity index (χ0v) is 25.2. The van der Waals surface area contributed by atoms with E-state index >= 15 is 4.39 Å². The summed E-state index contributed by atoms with van der Waals surface area (Å²) >= 11 is 6.41. The number of phenols is 1. The highest BCUT2D eigenvalue weighted by Crippen LogP contribution is 2.41. The number of aromatic nitrogens is 1. The quantitative estimate of drug-likeness (QED) is 0.156. The number of anilines is 2. The third-order valence-corrected chi connectivity index (χ3v) is 7.80. The Morgan fingerprint density at radius 2 is 1.98 bits per heavy atom. The van der Waals surface area contributed by atoms with Gasteiger partial charge in [0.05, 0.1) is 21.8 Å². The second kappa shape index (κ2) is 12.7. The number of para-hydroxylation sites is 1. The first kappa shape index (κ1) is 30.7. The number of pyridine rings is 1. The van der Waals surface area contributed by atoms with Gasteiger partial charge in [-0.25, -0.2) is 9.37 Å². The third-order valence-electron chi connectivity index (χ3n) is 7.49. The molecule has 1 N–H and O–H groups in total. The smallest absolute Gasteiger partial charge is 0.246 e. The molecule has 42 heavy (non-hydrogen) atoms. The predicted octanol–water partition coefficient (Wildman–Crippen LogP) is 6.07. The van der Waals surface area contributed by atoms with Gasteiger partial charge in [-0.2, -0.15) is 0 Å². The Morgan fingerprint density at radius 3 is 2.57 bits per heavy atom. The van der Waals surface area contributed by atoms with Gasteiger partial charge in [0.2, 0.25) is 12.3 Å². The van der Waals surface area contributed by atoms with E-state index in [1.807, 2.05) is 50.8 Å². The molecule has 0 aliphatic carbocycles. The van der Waals surface area contributed by atoms with Crippen molar-refractivity contribution >= 4 is 41.3 Å². The van der Waals surface area contributed by atoms with Crippen molar-refractivity contribution in [2.45, 2.75) is 39.7 Å². The van der Waals surface area contributed by atoms with E-state index in [0.29, 0.717) is 37.6 Å². The number of hydrogen-bond acceptors (Lipinski definition) is 5. The van der Waals surface area contributed by atoms with Gasteiger partial charge in [0.1, 0.15) is 17.3 Å². The Morgan fingerprint density at radius 1 is 1.26 bits per heavy atom. The van der Waals surface area contributed by atoms with E-state index in [1.165, 1.54) is 29.2 Å². The van der Waals surface area contributed by atoms with E-state index in [-0.39, 0.29) is 51.3 Å². The Balaban J connectivity index is 1.98. The molecule has 2 heterocycles. The van der Waals surface area contributed by atoms with Crippen molar-refractivity contribution in [3.05, 3.63) is 82.6 Å². The SMILES string of the molecule is C=CC(=O)N1CCN(C(=NC)c2cc(F)c(-c3c(O)cccc3Cl)nc2N(C=O)c2c(C)cccc2C(C)C)C(C)C1. The Labute approximate surface area is 250 Å². The van der Waals surface area contributed by atoms with Crippen molar-refractivity contribution in [1.82, 2.24) is 14.8 Å². The largest absolute Gasteiger partial charge is 0.507 e. The fourth-order valence-electron chi connectivity index (χ4n) is 5.44. The van der Waals surface area contributed by atoms with Crippen LogP contribution >= 0.6 is 11.6 Å². The average Bonchev–Trinajstić information content (AvgIpc) is 2.96. The molecule has 8 nitrogen and oxygen atoms in total. The summed E-state index contributed by atoms with van der Waals surface area (Å²) in [6, 6.07) is 11.3. The third kappa shape index (κ3) is 5.74. The highest BCUT2D eigenvalue weighted by atomic mass is 35.5. The van der Waals surface area contributed by atoms with Crippen molar-refractivity contribution in [3.63, 3.8) is 0 Å². The summed E-state index contributed by atoms with van der Waals surface area (Å²) in [6.07, 6.45) is 1.94. The second-order valence-electron chi connectivity index (χ2n) is 10.5. The second-order valence-corrected chi connectivity index (χ2v) is 11.0. The number of phenolic OH excluding ortho intramolecular Hbond substituents is 1. The van der Waals surface area contributed by atoms with Crippen LogP contribution in [-0.4, -0.2) is 70.8 Å². The molecular weight excluding hydrogens is 557 g/mol. The maximum atomic E-state index is 16.0. The number of carbonyl (C=O) groups excluding carboxylic acids is 2. The summed E-state index contributed by atoms with van der Waals surface area (Å²) in [7, 11) is 1.59. The first-order valence-electron chi connectivity index (χ1n) is 13.7. The number of halogens is 2. The molecule has 1 saturated heterocycles. The minimum atomic E-state index is -0.744. The minimum Gasteiger partial charge on any atom is -0.507 e. The summed E-state index contributed by atoms with van der Waals surface area (Å²) in [5.41, 5.74) is 2.46. The minimum absolute atomic E-state index is 0.0177. The predicted molar refractivity (Wildman–Crippen MR) is 165 cm³/mol. The summed E-state index contributed by atoms with van der Waals surface area (Å²) in [4.78, 5) is 39.6. The van der Waals surface area contributed by atoms with E-state index < -0.39 is 5.82 Å². The number of piperazine rings is 1. The molecule has 2 amide bonds. The Hall–Kier alpha value is -4.24. The van der Waals surface area contributed by atoms with Crippen molar-refractivity contribution < 1.29 is 19.1 Å². The van der Waals surface area contributed by atoms with Gasteiger partial charge in [-0.15, -0.1) is 0 Å². The molecule has 4 rings (SSSR count). The van der Waals surface area contributed by atoms with Gasteiger partial charge in [0.15, 0.2) is 11.6 Å². The van der Waals surface area contributed by atoms with Crippen molar-refractivity contribution in [3.8, 4) is 17.0 Å². The number of amides is 2. The molecule has 0 radical (unpaired) electrons. The van der Waals surface area contributed by atoms with E-state index in [9.17, 15) is 14.7 Å². The summed E-state index contributed by atoms with van der Waals surface area (Å²) in [5.74, 6) is -0.545. The number of rotatable bonds is 7. The van der Waals surface area contributed by atoms with E-state index in [0.717, 1.165) is 11.1 Å². The molecule has 0 bridgehead atoms. The molecule has 3 aromatic rings. The van der Waals surface area contributed by atoms with Gasteiger partial charge in [-0.05, 0) is 55.2 Å². The molecule has 2 aromatic carbocycles. The van der Waals surface area contributed by atoms with Gasteiger partial charge in [0, 0.05) is 32.7 Å². The normalized spacial score (nSPS) is 15.6. The maximum absolute atomic E-state index is 16.0. The fraction of sp³-hybridized carbons (Fsp3) is 0.312. The number of aryl methyl sites for hydroxylation is 1. The molecule has 0 saturated carbocycles. The van der Waals surface area contributed by atoms with Crippen LogP contribution in [0.3, 0.4) is 0 Å². The number of aromatic hydroxyl groups is 1.